The summed E-state index contributed by atoms with van der Waals surface area (Å²) in [4.78, 5) is 23.7. The summed E-state index contributed by atoms with van der Waals surface area (Å²) in [5, 5.41) is 18.3. The summed E-state index contributed by atoms with van der Waals surface area (Å²) in [6.45, 7) is 6.30. The molecule has 0 heterocycles. The Labute approximate surface area is 108 Å². The van der Waals surface area contributed by atoms with E-state index in [0.717, 1.165) is 11.3 Å². The maximum Gasteiger partial charge on any atom is 0.412 e. The minimum atomic E-state index is -1.14. The molecule has 0 aromatic carbocycles. The number of aliphatic carboxylic acids is 1. The van der Waals surface area contributed by atoms with Crippen molar-refractivity contribution in [1.82, 2.24) is 4.90 Å². The van der Waals surface area contributed by atoms with Crippen LogP contribution < -0.4 is 0 Å². The topological polar surface area (TPSA) is 87.1 Å². The van der Waals surface area contributed by atoms with Gasteiger partial charge >= 0.3 is 12.1 Å². The summed E-state index contributed by atoms with van der Waals surface area (Å²) in [5.74, 6) is -1.14. The number of carbonyl (C=O) groups is 2. The lowest BCUT2D eigenvalue weighted by molar-refractivity contribution is -0.145. The second-order valence-corrected chi connectivity index (χ2v) is 5.09. The number of hydrogen-bond acceptors (Lipinski definition) is 4. The summed E-state index contributed by atoms with van der Waals surface area (Å²) in [6, 6.07) is -1.05. The molecule has 0 fully saturated rings. The zero-order chi connectivity index (χ0) is 14.3. The molecule has 0 saturated heterocycles. The fraction of sp³-hybridized carbons (Fsp3) is 0.833. The monoisotopic (exact) mass is 261 g/mol. The highest BCUT2D eigenvalue weighted by atomic mass is 16.6. The Morgan fingerprint density at radius 1 is 1.33 bits per heavy atom. The number of amides is 1. The number of nitrogens with zero attached hydrogens (tertiary/aromatic N) is 1. The lowest BCUT2D eigenvalue weighted by Crippen LogP contribution is -2.47. The number of carboxylic acid groups (broad SMARTS) is 1. The van der Waals surface area contributed by atoms with Crippen LogP contribution in [-0.2, 0) is 9.53 Å². The van der Waals surface area contributed by atoms with Gasteiger partial charge in [-0.15, -0.1) is 0 Å². The third-order valence-electron chi connectivity index (χ3n) is 2.27. The molecule has 6 heteroatoms. The van der Waals surface area contributed by atoms with Gasteiger partial charge in [-0.2, -0.15) is 0 Å². The van der Waals surface area contributed by atoms with Crippen molar-refractivity contribution in [2.45, 2.75) is 58.6 Å². The zero-order valence-electron chi connectivity index (χ0n) is 11.5. The van der Waals surface area contributed by atoms with Gasteiger partial charge in [0, 0.05) is 0 Å². The number of carboxylic acids is 1. The number of aliphatic hydroxyl groups excluding tert-OH is 1. The van der Waals surface area contributed by atoms with Crippen LogP contribution in [0.5, 0.6) is 0 Å². The van der Waals surface area contributed by atoms with Gasteiger partial charge in [0.15, 0.2) is 0 Å². The van der Waals surface area contributed by atoms with Crippen molar-refractivity contribution in [2.24, 2.45) is 0 Å². The molecule has 0 spiro atoms. The molecule has 0 saturated carbocycles. The molecule has 0 unspecified atom stereocenters. The van der Waals surface area contributed by atoms with Crippen molar-refractivity contribution in [2.75, 3.05) is 6.73 Å². The third kappa shape index (κ3) is 5.86. The number of rotatable bonds is 6. The summed E-state index contributed by atoms with van der Waals surface area (Å²) in [6.07, 6.45) is 0.965. The van der Waals surface area contributed by atoms with Gasteiger partial charge in [0.05, 0.1) is 0 Å². The second kappa shape index (κ2) is 7.20. The summed E-state index contributed by atoms with van der Waals surface area (Å²) < 4.78 is 5.07. The lowest BCUT2D eigenvalue weighted by Gasteiger charge is -2.29. The molecule has 0 radical (unpaired) electrons. The van der Waals surface area contributed by atoms with Gasteiger partial charge in [-0.1, -0.05) is 19.8 Å². The van der Waals surface area contributed by atoms with E-state index >= 15 is 0 Å². The smallest absolute Gasteiger partial charge is 0.412 e. The molecule has 0 aromatic heterocycles. The number of ether oxygens (including phenoxy) is 1. The number of hydrogen-bond donors (Lipinski definition) is 2. The molecular formula is C12H23NO5. The first-order chi connectivity index (χ1) is 8.22. The predicted octanol–water partition coefficient (Wildman–Crippen LogP) is 1.82. The van der Waals surface area contributed by atoms with Gasteiger partial charge in [-0.3, -0.25) is 4.90 Å². The van der Waals surface area contributed by atoms with Crippen molar-refractivity contribution in [1.29, 1.82) is 0 Å². The molecule has 0 aromatic rings. The highest BCUT2D eigenvalue weighted by molar-refractivity contribution is 5.80. The van der Waals surface area contributed by atoms with Gasteiger partial charge in [-0.05, 0) is 27.2 Å². The Morgan fingerprint density at radius 2 is 1.89 bits per heavy atom. The SMILES string of the molecule is CCCC[C@@H](C(=O)O)N(CO)C(=O)OC(C)(C)C. The van der Waals surface area contributed by atoms with E-state index in [0.29, 0.717) is 12.8 Å². The Morgan fingerprint density at radius 3 is 2.22 bits per heavy atom. The highest BCUT2D eigenvalue weighted by Gasteiger charge is 2.31. The largest absolute Gasteiger partial charge is 0.480 e. The van der Waals surface area contributed by atoms with E-state index in [1.807, 2.05) is 6.92 Å². The standard InChI is InChI=1S/C12H23NO5/c1-5-6-7-9(10(15)16)13(8-14)11(17)18-12(2,3)4/h9,14H,5-8H2,1-4H3,(H,15,16)/t9-/m0/s1. The predicted molar refractivity (Wildman–Crippen MR) is 66.1 cm³/mol. The van der Waals surface area contributed by atoms with E-state index in [2.05, 4.69) is 0 Å². The summed E-state index contributed by atoms with van der Waals surface area (Å²) in [7, 11) is 0. The van der Waals surface area contributed by atoms with E-state index in [1.165, 1.54) is 0 Å². The molecule has 0 aliphatic rings. The average Bonchev–Trinajstić information content (AvgIpc) is 2.20. The van der Waals surface area contributed by atoms with Gasteiger partial charge in [0.1, 0.15) is 18.4 Å². The average molecular weight is 261 g/mol. The van der Waals surface area contributed by atoms with Crippen LogP contribution in [-0.4, -0.2) is 45.5 Å². The zero-order valence-corrected chi connectivity index (χ0v) is 11.5. The molecule has 0 bridgehead atoms. The van der Waals surface area contributed by atoms with Crippen LogP contribution in [0.4, 0.5) is 4.79 Å². The minimum absolute atomic E-state index is 0.297. The molecular weight excluding hydrogens is 238 g/mol. The Balaban J connectivity index is 4.78. The van der Waals surface area contributed by atoms with E-state index in [9.17, 15) is 14.7 Å². The fourth-order valence-electron chi connectivity index (χ4n) is 1.41. The van der Waals surface area contributed by atoms with Crippen LogP contribution >= 0.6 is 0 Å². The first kappa shape index (κ1) is 16.7. The lowest BCUT2D eigenvalue weighted by atomic mass is 10.1. The fourth-order valence-corrected chi connectivity index (χ4v) is 1.41. The van der Waals surface area contributed by atoms with E-state index in [4.69, 9.17) is 9.84 Å². The van der Waals surface area contributed by atoms with Crippen molar-refractivity contribution in [3.63, 3.8) is 0 Å². The van der Waals surface area contributed by atoms with Crippen molar-refractivity contribution < 1.29 is 24.5 Å². The Kier molecular flexibility index (Phi) is 6.68. The van der Waals surface area contributed by atoms with Gasteiger partial charge in [-0.25, -0.2) is 9.59 Å². The number of carbonyl (C=O) groups excluding carboxylic acids is 1. The van der Waals surface area contributed by atoms with Crippen LogP contribution in [0.15, 0.2) is 0 Å². The molecule has 18 heavy (non-hydrogen) atoms. The third-order valence-corrected chi connectivity index (χ3v) is 2.27. The summed E-state index contributed by atoms with van der Waals surface area (Å²) in [5.41, 5.74) is -0.724. The molecule has 2 N–H and O–H groups in total. The van der Waals surface area contributed by atoms with E-state index < -0.39 is 30.4 Å². The molecule has 1 amide bonds. The molecule has 0 rings (SSSR count). The quantitative estimate of drug-likeness (QED) is 0.712. The van der Waals surface area contributed by atoms with Crippen LogP contribution in [0.2, 0.25) is 0 Å². The van der Waals surface area contributed by atoms with E-state index in [-0.39, 0.29) is 0 Å². The molecule has 106 valence electrons. The number of unbranched alkanes of at least 4 members (excludes halogenated alkanes) is 1. The van der Waals surface area contributed by atoms with Crippen molar-refractivity contribution >= 4 is 12.1 Å². The number of aliphatic hydroxyl groups is 1. The highest BCUT2D eigenvalue weighted by Crippen LogP contribution is 2.15. The maximum atomic E-state index is 11.8. The van der Waals surface area contributed by atoms with Gasteiger partial charge in [0.2, 0.25) is 0 Å². The van der Waals surface area contributed by atoms with Crippen LogP contribution in [0, 0.1) is 0 Å². The second-order valence-electron chi connectivity index (χ2n) is 5.09. The minimum Gasteiger partial charge on any atom is -0.480 e. The van der Waals surface area contributed by atoms with Crippen molar-refractivity contribution in [3.8, 4) is 0 Å². The van der Waals surface area contributed by atoms with Gasteiger partial charge in [0.25, 0.3) is 0 Å². The maximum absolute atomic E-state index is 11.8. The first-order valence-electron chi connectivity index (χ1n) is 6.06. The van der Waals surface area contributed by atoms with Crippen LogP contribution in [0.3, 0.4) is 0 Å². The van der Waals surface area contributed by atoms with Crippen LogP contribution in [0.1, 0.15) is 47.0 Å². The Bertz CT molecular complexity index is 285. The van der Waals surface area contributed by atoms with Crippen LogP contribution in [0.25, 0.3) is 0 Å². The molecule has 0 aliphatic carbocycles. The molecule has 6 nitrogen and oxygen atoms in total. The molecule has 0 aliphatic heterocycles. The van der Waals surface area contributed by atoms with Gasteiger partial charge < -0.3 is 14.9 Å². The first-order valence-corrected chi connectivity index (χ1v) is 6.06. The summed E-state index contributed by atoms with van der Waals surface area (Å²) >= 11 is 0. The van der Waals surface area contributed by atoms with E-state index in [1.54, 1.807) is 20.8 Å². The molecule has 1 atom stereocenters. The van der Waals surface area contributed by atoms with Crippen molar-refractivity contribution in [3.05, 3.63) is 0 Å². The normalized spacial score (nSPS) is 12.9. The Hall–Kier alpha value is -1.30.